The summed E-state index contributed by atoms with van der Waals surface area (Å²) in [6.45, 7) is 2.71. The molecule has 3 heterocycles. The van der Waals surface area contributed by atoms with Crippen molar-refractivity contribution < 1.29 is 9.21 Å². The molecule has 2 aromatic rings. The highest BCUT2D eigenvalue weighted by Gasteiger charge is 2.37. The molecule has 24 heavy (non-hydrogen) atoms. The number of rotatable bonds is 3. The van der Waals surface area contributed by atoms with Crippen LogP contribution in [-0.4, -0.2) is 28.4 Å². The number of amides is 1. The maximum absolute atomic E-state index is 13.1. The highest BCUT2D eigenvalue weighted by Crippen LogP contribution is 2.35. The summed E-state index contributed by atoms with van der Waals surface area (Å²) >= 11 is 1.58. The zero-order chi connectivity index (χ0) is 16.5. The third-order valence-corrected chi connectivity index (χ3v) is 6.34. The zero-order valence-electron chi connectivity index (χ0n) is 14.2. The molecule has 0 N–H and O–H groups in total. The minimum Gasteiger partial charge on any atom is -0.440 e. The van der Waals surface area contributed by atoms with Gasteiger partial charge in [-0.2, -0.15) is 0 Å². The number of nitrogens with zero attached hydrogens (tertiary/aromatic N) is 2. The summed E-state index contributed by atoms with van der Waals surface area (Å²) in [5.74, 6) is 1.94. The van der Waals surface area contributed by atoms with Crippen LogP contribution in [0.5, 0.6) is 0 Å². The van der Waals surface area contributed by atoms with Crippen molar-refractivity contribution in [2.75, 3.05) is 6.54 Å². The van der Waals surface area contributed by atoms with Gasteiger partial charge in [-0.1, -0.05) is 25.3 Å². The summed E-state index contributed by atoms with van der Waals surface area (Å²) in [7, 11) is 0. The predicted octanol–water partition coefficient (Wildman–Crippen LogP) is 4.90. The number of carbonyl (C=O) groups is 1. The highest BCUT2D eigenvalue weighted by atomic mass is 32.1. The molecule has 2 aliphatic rings. The molecular weight excluding hydrogens is 320 g/mol. The van der Waals surface area contributed by atoms with Crippen LogP contribution in [0.15, 0.2) is 21.9 Å². The molecule has 128 valence electrons. The van der Waals surface area contributed by atoms with Gasteiger partial charge in [0, 0.05) is 12.6 Å². The Morgan fingerprint density at radius 1 is 1.25 bits per heavy atom. The van der Waals surface area contributed by atoms with Crippen LogP contribution in [-0.2, 0) is 0 Å². The summed E-state index contributed by atoms with van der Waals surface area (Å²) in [5.41, 5.74) is 0.501. The molecule has 4 nitrogen and oxygen atoms in total. The molecule has 2 aromatic heterocycles. The average Bonchev–Trinajstić information content (AvgIpc) is 3.35. The number of oxazole rings is 1. The smallest absolute Gasteiger partial charge is 0.276 e. The lowest BCUT2D eigenvalue weighted by Crippen LogP contribution is -2.41. The van der Waals surface area contributed by atoms with Crippen LogP contribution < -0.4 is 0 Å². The maximum Gasteiger partial charge on any atom is 0.276 e. The van der Waals surface area contributed by atoms with Gasteiger partial charge in [-0.05, 0) is 50.0 Å². The summed E-state index contributed by atoms with van der Waals surface area (Å²) in [6, 6.07) is 4.35. The molecule has 1 atom stereocenters. The molecule has 5 heteroatoms. The fourth-order valence-electron chi connectivity index (χ4n) is 4.29. The molecule has 0 spiro atoms. The Balaban J connectivity index is 1.56. The first kappa shape index (κ1) is 15.9. The fourth-order valence-corrected chi connectivity index (χ4v) is 4.94. The molecule has 2 fully saturated rings. The van der Waals surface area contributed by atoms with Crippen LogP contribution in [0, 0.1) is 12.8 Å². The first-order valence-corrected chi connectivity index (χ1v) is 9.94. The predicted molar refractivity (Wildman–Crippen MR) is 95.2 cm³/mol. The lowest BCUT2D eigenvalue weighted by Gasteiger charge is -2.33. The van der Waals surface area contributed by atoms with Crippen molar-refractivity contribution in [3.05, 3.63) is 29.0 Å². The highest BCUT2D eigenvalue weighted by molar-refractivity contribution is 7.13. The van der Waals surface area contributed by atoms with Gasteiger partial charge in [-0.3, -0.25) is 4.79 Å². The van der Waals surface area contributed by atoms with Gasteiger partial charge in [0.1, 0.15) is 5.76 Å². The second kappa shape index (κ2) is 6.71. The molecule has 4 rings (SSSR count). The molecule has 0 radical (unpaired) electrons. The van der Waals surface area contributed by atoms with E-state index in [1.807, 2.05) is 24.4 Å². The number of aryl methyl sites for hydroxylation is 1. The van der Waals surface area contributed by atoms with Crippen LogP contribution in [0.1, 0.15) is 61.2 Å². The minimum atomic E-state index is 0.0622. The second-order valence-corrected chi connectivity index (χ2v) is 7.96. The summed E-state index contributed by atoms with van der Waals surface area (Å²) in [4.78, 5) is 20.7. The first-order chi connectivity index (χ1) is 11.7. The molecule has 1 aliphatic carbocycles. The van der Waals surface area contributed by atoms with Crippen molar-refractivity contribution in [3.63, 3.8) is 0 Å². The molecular formula is C19H24N2O2S. The Kier molecular flexibility index (Phi) is 4.44. The van der Waals surface area contributed by atoms with Crippen LogP contribution in [0.4, 0.5) is 0 Å². The number of hydrogen-bond donors (Lipinski definition) is 0. The van der Waals surface area contributed by atoms with Gasteiger partial charge in [0.2, 0.25) is 5.89 Å². The summed E-state index contributed by atoms with van der Waals surface area (Å²) in [5, 5.41) is 2.00. The summed E-state index contributed by atoms with van der Waals surface area (Å²) < 4.78 is 5.77. The number of hydrogen-bond acceptors (Lipinski definition) is 4. The Morgan fingerprint density at radius 2 is 2.08 bits per heavy atom. The van der Waals surface area contributed by atoms with Crippen molar-refractivity contribution in [1.29, 1.82) is 0 Å². The van der Waals surface area contributed by atoms with Crippen molar-refractivity contribution in [1.82, 2.24) is 9.88 Å². The van der Waals surface area contributed by atoms with Crippen molar-refractivity contribution in [3.8, 4) is 10.8 Å². The molecule has 0 unspecified atom stereocenters. The van der Waals surface area contributed by atoms with Gasteiger partial charge in [0.15, 0.2) is 5.69 Å². The normalized spacial score (nSPS) is 22.2. The SMILES string of the molecule is Cc1oc(-c2cccs2)nc1C(=O)N1CCC[C@@H]1C1CCCCC1. The number of aromatic nitrogens is 1. The molecule has 1 aliphatic heterocycles. The minimum absolute atomic E-state index is 0.0622. The topological polar surface area (TPSA) is 46.3 Å². The Morgan fingerprint density at radius 3 is 2.83 bits per heavy atom. The standard InChI is InChI=1S/C19H24N2O2S/c1-13-17(20-18(23-13)16-10-6-12-24-16)19(22)21-11-5-9-15(21)14-7-3-2-4-8-14/h6,10,12,14-15H,2-5,7-9,11H2,1H3/t15-/m1/s1. The van der Waals surface area contributed by atoms with E-state index < -0.39 is 0 Å². The van der Waals surface area contributed by atoms with Gasteiger partial charge < -0.3 is 9.32 Å². The third kappa shape index (κ3) is 2.90. The van der Waals surface area contributed by atoms with Gasteiger partial charge in [0.25, 0.3) is 5.91 Å². The Hall–Kier alpha value is -1.62. The van der Waals surface area contributed by atoms with E-state index in [4.69, 9.17) is 4.42 Å². The van der Waals surface area contributed by atoms with Crippen LogP contribution in [0.3, 0.4) is 0 Å². The van der Waals surface area contributed by atoms with Crippen molar-refractivity contribution in [2.24, 2.45) is 5.92 Å². The Bertz CT molecular complexity index is 701. The van der Waals surface area contributed by atoms with E-state index in [1.165, 1.54) is 32.1 Å². The average molecular weight is 344 g/mol. The number of likely N-dealkylation sites (tertiary alicyclic amines) is 1. The van der Waals surface area contributed by atoms with E-state index in [9.17, 15) is 4.79 Å². The number of thiophene rings is 1. The van der Waals surface area contributed by atoms with E-state index in [1.54, 1.807) is 11.3 Å². The number of carbonyl (C=O) groups excluding carboxylic acids is 1. The largest absolute Gasteiger partial charge is 0.440 e. The molecule has 1 saturated carbocycles. The Labute approximate surface area is 146 Å². The van der Waals surface area contributed by atoms with E-state index in [-0.39, 0.29) is 5.91 Å². The van der Waals surface area contributed by atoms with Crippen LogP contribution in [0.25, 0.3) is 10.8 Å². The van der Waals surface area contributed by atoms with E-state index >= 15 is 0 Å². The van der Waals surface area contributed by atoms with Crippen LogP contribution in [0.2, 0.25) is 0 Å². The lowest BCUT2D eigenvalue weighted by molar-refractivity contribution is 0.0654. The molecule has 0 aromatic carbocycles. The molecule has 1 saturated heterocycles. The van der Waals surface area contributed by atoms with E-state index in [0.717, 1.165) is 24.3 Å². The van der Waals surface area contributed by atoms with E-state index in [0.29, 0.717) is 29.3 Å². The maximum atomic E-state index is 13.1. The van der Waals surface area contributed by atoms with Crippen molar-refractivity contribution >= 4 is 17.2 Å². The lowest BCUT2D eigenvalue weighted by atomic mass is 9.83. The molecule has 1 amide bonds. The third-order valence-electron chi connectivity index (χ3n) is 5.49. The quantitative estimate of drug-likeness (QED) is 0.796. The fraction of sp³-hybridized carbons (Fsp3) is 0.579. The van der Waals surface area contributed by atoms with Gasteiger partial charge in [0.05, 0.1) is 4.88 Å². The van der Waals surface area contributed by atoms with Crippen molar-refractivity contribution in [2.45, 2.75) is 57.9 Å². The van der Waals surface area contributed by atoms with Crippen LogP contribution >= 0.6 is 11.3 Å². The van der Waals surface area contributed by atoms with Gasteiger partial charge >= 0.3 is 0 Å². The van der Waals surface area contributed by atoms with Gasteiger partial charge in [-0.25, -0.2) is 4.98 Å². The summed E-state index contributed by atoms with van der Waals surface area (Å²) in [6.07, 6.45) is 8.78. The monoisotopic (exact) mass is 344 g/mol. The van der Waals surface area contributed by atoms with E-state index in [2.05, 4.69) is 9.88 Å². The first-order valence-electron chi connectivity index (χ1n) is 9.06. The molecule has 0 bridgehead atoms. The van der Waals surface area contributed by atoms with Gasteiger partial charge in [-0.15, -0.1) is 11.3 Å². The second-order valence-electron chi connectivity index (χ2n) is 7.01. The zero-order valence-corrected chi connectivity index (χ0v) is 15.0.